The van der Waals surface area contributed by atoms with Crippen molar-refractivity contribution in [3.63, 3.8) is 0 Å². The third kappa shape index (κ3) is 2.87. The van der Waals surface area contributed by atoms with Crippen molar-refractivity contribution in [3.8, 4) is 6.07 Å². The minimum absolute atomic E-state index is 0.190. The Labute approximate surface area is 98.6 Å². The summed E-state index contributed by atoms with van der Waals surface area (Å²) in [6.07, 6.45) is 0.507. The Bertz CT molecular complexity index is 384. The maximum Gasteiger partial charge on any atom is 0.0643 e. The molecule has 0 spiro atoms. The van der Waals surface area contributed by atoms with E-state index in [9.17, 15) is 0 Å². The maximum atomic E-state index is 8.64. The number of benzene rings is 1. The van der Waals surface area contributed by atoms with Gasteiger partial charge >= 0.3 is 0 Å². The zero-order valence-electron chi connectivity index (χ0n) is 8.87. The highest BCUT2D eigenvalue weighted by atomic mass is 79.9. The predicted molar refractivity (Wildman–Crippen MR) is 66.6 cm³/mol. The second kappa shape index (κ2) is 5.04. The highest BCUT2D eigenvalue weighted by Crippen LogP contribution is 2.28. The first-order valence-electron chi connectivity index (χ1n) is 4.71. The number of rotatable bonds is 3. The SMILES string of the molecule is CC(CC#N)N(C)c1ccc(N)cc1Br. The lowest BCUT2D eigenvalue weighted by atomic mass is 10.2. The molecule has 80 valence electrons. The summed E-state index contributed by atoms with van der Waals surface area (Å²) < 4.78 is 0.954. The Hall–Kier alpha value is -1.21. The van der Waals surface area contributed by atoms with E-state index in [1.54, 1.807) is 0 Å². The van der Waals surface area contributed by atoms with Crippen LogP contribution in [0.2, 0.25) is 0 Å². The molecule has 3 nitrogen and oxygen atoms in total. The van der Waals surface area contributed by atoms with Crippen molar-refractivity contribution < 1.29 is 0 Å². The molecule has 15 heavy (non-hydrogen) atoms. The lowest BCUT2D eigenvalue weighted by molar-refractivity contribution is 0.701. The molecule has 1 rings (SSSR count). The minimum Gasteiger partial charge on any atom is -0.399 e. The Kier molecular flexibility index (Phi) is 3.98. The van der Waals surface area contributed by atoms with Crippen LogP contribution in [0.5, 0.6) is 0 Å². The van der Waals surface area contributed by atoms with Gasteiger partial charge in [-0.25, -0.2) is 0 Å². The monoisotopic (exact) mass is 267 g/mol. The van der Waals surface area contributed by atoms with Crippen LogP contribution >= 0.6 is 15.9 Å². The van der Waals surface area contributed by atoms with E-state index in [1.807, 2.05) is 32.2 Å². The molecule has 1 unspecified atom stereocenters. The minimum atomic E-state index is 0.190. The summed E-state index contributed by atoms with van der Waals surface area (Å²) in [5.74, 6) is 0. The van der Waals surface area contributed by atoms with Gasteiger partial charge < -0.3 is 10.6 Å². The van der Waals surface area contributed by atoms with Gasteiger partial charge in [-0.15, -0.1) is 0 Å². The first-order chi connectivity index (χ1) is 7.06. The summed E-state index contributed by atoms with van der Waals surface area (Å²) in [4.78, 5) is 2.06. The molecule has 0 aliphatic heterocycles. The van der Waals surface area contributed by atoms with Crippen molar-refractivity contribution in [3.05, 3.63) is 22.7 Å². The van der Waals surface area contributed by atoms with Gasteiger partial charge in [-0.3, -0.25) is 0 Å². The van der Waals surface area contributed by atoms with Crippen molar-refractivity contribution in [1.82, 2.24) is 0 Å². The van der Waals surface area contributed by atoms with Crippen LogP contribution < -0.4 is 10.6 Å². The van der Waals surface area contributed by atoms with Crippen LogP contribution in [0.15, 0.2) is 22.7 Å². The number of hydrogen-bond acceptors (Lipinski definition) is 3. The average Bonchev–Trinajstić information content (AvgIpc) is 2.17. The van der Waals surface area contributed by atoms with Gasteiger partial charge in [0.2, 0.25) is 0 Å². The van der Waals surface area contributed by atoms with Crippen molar-refractivity contribution in [1.29, 1.82) is 5.26 Å². The molecule has 0 aliphatic rings. The van der Waals surface area contributed by atoms with Gasteiger partial charge in [0.05, 0.1) is 18.2 Å². The zero-order chi connectivity index (χ0) is 11.4. The second-order valence-electron chi connectivity index (χ2n) is 3.53. The number of halogens is 1. The van der Waals surface area contributed by atoms with E-state index in [2.05, 4.69) is 26.9 Å². The van der Waals surface area contributed by atoms with Crippen LogP contribution in [0.3, 0.4) is 0 Å². The molecule has 4 heteroatoms. The van der Waals surface area contributed by atoms with Crippen LogP contribution in [0.25, 0.3) is 0 Å². The number of anilines is 2. The van der Waals surface area contributed by atoms with Crippen LogP contribution in [0.1, 0.15) is 13.3 Å². The smallest absolute Gasteiger partial charge is 0.0643 e. The van der Waals surface area contributed by atoms with E-state index in [-0.39, 0.29) is 6.04 Å². The summed E-state index contributed by atoms with van der Waals surface area (Å²) in [7, 11) is 1.97. The van der Waals surface area contributed by atoms with Gasteiger partial charge in [-0.2, -0.15) is 5.26 Å². The van der Waals surface area contributed by atoms with Crippen LogP contribution in [0.4, 0.5) is 11.4 Å². The molecule has 0 aromatic heterocycles. The number of nitrogens with zero attached hydrogens (tertiary/aromatic N) is 2. The average molecular weight is 268 g/mol. The van der Waals surface area contributed by atoms with Gasteiger partial charge in [0.25, 0.3) is 0 Å². The zero-order valence-corrected chi connectivity index (χ0v) is 10.5. The molecule has 0 aliphatic carbocycles. The third-order valence-electron chi connectivity index (χ3n) is 2.40. The number of nitrogens with two attached hydrogens (primary N) is 1. The highest BCUT2D eigenvalue weighted by Gasteiger charge is 2.12. The molecule has 0 radical (unpaired) electrons. The Balaban J connectivity index is 2.91. The largest absolute Gasteiger partial charge is 0.399 e. The maximum absolute atomic E-state index is 8.64. The summed E-state index contributed by atoms with van der Waals surface area (Å²) in [5.41, 5.74) is 7.44. The van der Waals surface area contributed by atoms with Crippen molar-refractivity contribution >= 4 is 27.3 Å². The van der Waals surface area contributed by atoms with Crippen molar-refractivity contribution in [2.45, 2.75) is 19.4 Å². The van der Waals surface area contributed by atoms with Gasteiger partial charge in [-0.05, 0) is 41.1 Å². The molecular weight excluding hydrogens is 254 g/mol. The number of hydrogen-bond donors (Lipinski definition) is 1. The van der Waals surface area contributed by atoms with E-state index in [0.717, 1.165) is 15.8 Å². The lowest BCUT2D eigenvalue weighted by Crippen LogP contribution is -2.28. The van der Waals surface area contributed by atoms with E-state index < -0.39 is 0 Å². The Morgan fingerprint density at radius 1 is 1.60 bits per heavy atom. The lowest BCUT2D eigenvalue weighted by Gasteiger charge is -2.26. The van der Waals surface area contributed by atoms with Gasteiger partial charge in [0, 0.05) is 23.2 Å². The van der Waals surface area contributed by atoms with Crippen molar-refractivity contribution in [2.24, 2.45) is 0 Å². The molecule has 0 saturated carbocycles. The Morgan fingerprint density at radius 2 is 2.27 bits per heavy atom. The van der Waals surface area contributed by atoms with Crippen LogP contribution in [-0.4, -0.2) is 13.1 Å². The van der Waals surface area contributed by atoms with Crippen molar-refractivity contribution in [2.75, 3.05) is 17.7 Å². The first-order valence-corrected chi connectivity index (χ1v) is 5.50. The van der Waals surface area contributed by atoms with Gasteiger partial charge in [0.15, 0.2) is 0 Å². The number of nitrogen functional groups attached to an aromatic ring is 1. The first kappa shape index (κ1) is 11.9. The fourth-order valence-corrected chi connectivity index (χ4v) is 1.99. The molecule has 1 aromatic rings. The molecule has 0 amide bonds. The molecular formula is C11H14BrN3. The molecule has 1 atom stereocenters. The Morgan fingerprint density at radius 3 is 2.80 bits per heavy atom. The fraction of sp³-hybridized carbons (Fsp3) is 0.364. The number of nitriles is 1. The summed E-state index contributed by atoms with van der Waals surface area (Å²) in [6.45, 7) is 2.02. The third-order valence-corrected chi connectivity index (χ3v) is 3.03. The normalized spacial score (nSPS) is 11.9. The van der Waals surface area contributed by atoms with E-state index >= 15 is 0 Å². The molecule has 2 N–H and O–H groups in total. The standard InChI is InChI=1S/C11H14BrN3/c1-8(5-6-13)15(2)11-4-3-9(14)7-10(11)12/h3-4,7-8H,5,14H2,1-2H3. The van der Waals surface area contributed by atoms with Crippen LogP contribution in [0, 0.1) is 11.3 Å². The quantitative estimate of drug-likeness (QED) is 0.857. The van der Waals surface area contributed by atoms with Gasteiger partial charge in [-0.1, -0.05) is 0 Å². The topological polar surface area (TPSA) is 53.0 Å². The summed E-state index contributed by atoms with van der Waals surface area (Å²) >= 11 is 3.46. The van der Waals surface area contributed by atoms with E-state index in [4.69, 9.17) is 11.0 Å². The summed E-state index contributed by atoms with van der Waals surface area (Å²) in [6, 6.07) is 8.03. The second-order valence-corrected chi connectivity index (χ2v) is 4.39. The molecule has 0 fully saturated rings. The molecule has 0 heterocycles. The van der Waals surface area contributed by atoms with E-state index in [0.29, 0.717) is 6.42 Å². The molecule has 0 saturated heterocycles. The van der Waals surface area contributed by atoms with E-state index in [1.165, 1.54) is 0 Å². The van der Waals surface area contributed by atoms with Gasteiger partial charge in [0.1, 0.15) is 0 Å². The fourth-order valence-electron chi connectivity index (χ4n) is 1.32. The molecule has 1 aromatic carbocycles. The highest BCUT2D eigenvalue weighted by molar-refractivity contribution is 9.10. The summed E-state index contributed by atoms with van der Waals surface area (Å²) in [5, 5.41) is 8.64. The molecule has 0 bridgehead atoms. The van der Waals surface area contributed by atoms with Crippen LogP contribution in [-0.2, 0) is 0 Å². The predicted octanol–water partition coefficient (Wildman–Crippen LogP) is 2.77.